The number of Topliss-reactive ketones (excluding diaryl/α,β-unsaturated/α-hetero) is 1. The molecule has 27 heavy (non-hydrogen) atoms. The number of carbonyl (C=O) groups excluding carboxylic acids is 1. The van der Waals surface area contributed by atoms with E-state index in [4.69, 9.17) is 0 Å². The van der Waals surface area contributed by atoms with Crippen LogP contribution in [0.2, 0.25) is 0 Å². The molecular weight excluding hydrogens is 328 g/mol. The Kier molecular flexibility index (Phi) is 4.53. The van der Waals surface area contributed by atoms with E-state index in [0.717, 1.165) is 18.4 Å². The van der Waals surface area contributed by atoms with Crippen molar-refractivity contribution < 1.29 is 4.79 Å². The van der Waals surface area contributed by atoms with Crippen LogP contribution in [0.25, 0.3) is 11.1 Å². The summed E-state index contributed by atoms with van der Waals surface area (Å²) < 4.78 is 0. The fourth-order valence-corrected chi connectivity index (χ4v) is 5.21. The lowest BCUT2D eigenvalue weighted by Crippen LogP contribution is -2.20. The molecule has 2 aromatic rings. The van der Waals surface area contributed by atoms with Crippen LogP contribution in [0.3, 0.4) is 0 Å². The van der Waals surface area contributed by atoms with Gasteiger partial charge in [0, 0.05) is 11.5 Å². The minimum Gasteiger partial charge on any atom is -0.294 e. The van der Waals surface area contributed by atoms with Crippen molar-refractivity contribution in [3.8, 4) is 11.1 Å². The Bertz CT molecular complexity index is 845. The van der Waals surface area contributed by atoms with E-state index in [-0.39, 0.29) is 11.3 Å². The molecule has 142 valence electrons. The van der Waals surface area contributed by atoms with Gasteiger partial charge in [0.2, 0.25) is 0 Å². The highest BCUT2D eigenvalue weighted by atomic mass is 16.1. The molecule has 0 N–H and O–H groups in total. The molecular formula is C26H32O. The lowest BCUT2D eigenvalue weighted by molar-refractivity contribution is 0.0893. The van der Waals surface area contributed by atoms with Crippen molar-refractivity contribution in [1.29, 1.82) is 0 Å². The van der Waals surface area contributed by atoms with Crippen molar-refractivity contribution in [3.05, 3.63) is 59.2 Å². The van der Waals surface area contributed by atoms with Crippen molar-refractivity contribution in [3.63, 3.8) is 0 Å². The summed E-state index contributed by atoms with van der Waals surface area (Å²) in [7, 11) is 0. The molecule has 1 heteroatoms. The zero-order valence-electron chi connectivity index (χ0n) is 17.3. The Hall–Kier alpha value is -1.89. The molecule has 0 spiro atoms. The maximum atomic E-state index is 13.1. The maximum Gasteiger partial charge on any atom is 0.166 e. The minimum atomic E-state index is 0.162. The SMILES string of the molecule is CC1(CC2Cc3c(cccc3-c3ccc(C(C)(C)C)cc3)C2=O)CCCC1. The van der Waals surface area contributed by atoms with E-state index < -0.39 is 0 Å². The molecule has 1 atom stereocenters. The molecule has 0 amide bonds. The van der Waals surface area contributed by atoms with Gasteiger partial charge in [0.25, 0.3) is 0 Å². The predicted molar refractivity (Wildman–Crippen MR) is 113 cm³/mol. The second-order valence-corrected chi connectivity index (χ2v) is 10.1. The molecule has 0 saturated heterocycles. The average molecular weight is 361 g/mol. The van der Waals surface area contributed by atoms with Crippen LogP contribution in [-0.4, -0.2) is 5.78 Å². The van der Waals surface area contributed by atoms with Crippen LogP contribution in [-0.2, 0) is 11.8 Å². The van der Waals surface area contributed by atoms with Crippen LogP contribution in [0, 0.1) is 11.3 Å². The average Bonchev–Trinajstić information content (AvgIpc) is 3.19. The molecule has 2 aliphatic carbocycles. The van der Waals surface area contributed by atoms with Crippen LogP contribution < -0.4 is 0 Å². The molecule has 1 unspecified atom stereocenters. The van der Waals surface area contributed by atoms with Gasteiger partial charge in [-0.2, -0.15) is 0 Å². The number of hydrogen-bond acceptors (Lipinski definition) is 1. The van der Waals surface area contributed by atoms with Crippen molar-refractivity contribution in [1.82, 2.24) is 0 Å². The first-order valence-corrected chi connectivity index (χ1v) is 10.5. The van der Waals surface area contributed by atoms with Gasteiger partial charge in [-0.1, -0.05) is 83.0 Å². The lowest BCUT2D eigenvalue weighted by atomic mass is 9.78. The van der Waals surface area contributed by atoms with E-state index in [2.05, 4.69) is 64.1 Å². The quantitative estimate of drug-likeness (QED) is 0.577. The van der Waals surface area contributed by atoms with Crippen LogP contribution in [0.5, 0.6) is 0 Å². The fraction of sp³-hybridized carbons (Fsp3) is 0.500. The minimum absolute atomic E-state index is 0.162. The zero-order chi connectivity index (χ0) is 19.2. The Labute approximate surface area is 164 Å². The number of fused-ring (bicyclic) bond motifs is 1. The molecule has 1 saturated carbocycles. The van der Waals surface area contributed by atoms with Gasteiger partial charge in [0.05, 0.1) is 0 Å². The molecule has 0 aliphatic heterocycles. The monoisotopic (exact) mass is 360 g/mol. The first-order chi connectivity index (χ1) is 12.8. The van der Waals surface area contributed by atoms with Crippen LogP contribution >= 0.6 is 0 Å². The summed E-state index contributed by atoms with van der Waals surface area (Å²) in [6.45, 7) is 9.13. The standard InChI is InChI=1S/C26H32O/c1-25(2,3)20-12-10-18(11-13-20)21-8-7-9-22-23(21)16-19(24(22)27)17-26(4)14-5-6-15-26/h7-13,19H,5-6,14-17H2,1-4H3. The normalized spacial score (nSPS) is 21.5. The Morgan fingerprint density at radius 1 is 0.963 bits per heavy atom. The van der Waals surface area contributed by atoms with Crippen molar-refractivity contribution >= 4 is 5.78 Å². The highest BCUT2D eigenvalue weighted by Crippen LogP contribution is 2.46. The first kappa shape index (κ1) is 18.5. The second-order valence-electron chi connectivity index (χ2n) is 10.1. The molecule has 1 nitrogen and oxygen atoms in total. The predicted octanol–water partition coefficient (Wildman–Crippen LogP) is 6.98. The van der Waals surface area contributed by atoms with Gasteiger partial charge >= 0.3 is 0 Å². The molecule has 0 radical (unpaired) electrons. The number of benzene rings is 2. The summed E-state index contributed by atoms with van der Waals surface area (Å²) in [6.07, 6.45) is 7.21. The van der Waals surface area contributed by atoms with Crippen molar-refractivity contribution in [2.45, 2.75) is 71.6 Å². The Balaban J connectivity index is 1.63. The van der Waals surface area contributed by atoms with Crippen LogP contribution in [0.4, 0.5) is 0 Å². The van der Waals surface area contributed by atoms with Gasteiger partial charge in [-0.25, -0.2) is 0 Å². The largest absolute Gasteiger partial charge is 0.294 e. The van der Waals surface area contributed by atoms with Crippen LogP contribution in [0.15, 0.2) is 42.5 Å². The third-order valence-corrected chi connectivity index (χ3v) is 6.87. The number of hydrogen-bond donors (Lipinski definition) is 0. The fourth-order valence-electron chi connectivity index (χ4n) is 5.21. The van der Waals surface area contributed by atoms with Gasteiger partial charge in [-0.15, -0.1) is 0 Å². The highest BCUT2D eigenvalue weighted by molar-refractivity contribution is 6.04. The first-order valence-electron chi connectivity index (χ1n) is 10.5. The zero-order valence-corrected chi connectivity index (χ0v) is 17.3. The summed E-state index contributed by atoms with van der Waals surface area (Å²) in [5.41, 5.74) is 6.62. The lowest BCUT2D eigenvalue weighted by Gasteiger charge is -2.26. The van der Waals surface area contributed by atoms with E-state index in [1.54, 1.807) is 0 Å². The molecule has 4 rings (SSSR count). The van der Waals surface area contributed by atoms with Crippen molar-refractivity contribution in [2.24, 2.45) is 11.3 Å². The van der Waals surface area contributed by atoms with E-state index in [1.165, 1.54) is 47.9 Å². The maximum absolute atomic E-state index is 13.1. The Morgan fingerprint density at radius 3 is 2.22 bits per heavy atom. The van der Waals surface area contributed by atoms with E-state index in [9.17, 15) is 4.79 Å². The molecule has 0 aromatic heterocycles. The topological polar surface area (TPSA) is 17.1 Å². The summed E-state index contributed by atoms with van der Waals surface area (Å²) in [4.78, 5) is 13.1. The van der Waals surface area contributed by atoms with Crippen LogP contribution in [0.1, 0.15) is 81.3 Å². The highest BCUT2D eigenvalue weighted by Gasteiger charge is 2.38. The van der Waals surface area contributed by atoms with Gasteiger partial charge in [-0.3, -0.25) is 4.79 Å². The van der Waals surface area contributed by atoms with Gasteiger partial charge in [0.1, 0.15) is 0 Å². The Morgan fingerprint density at radius 2 is 1.59 bits per heavy atom. The molecule has 2 aliphatic rings. The van der Waals surface area contributed by atoms with E-state index in [0.29, 0.717) is 11.2 Å². The smallest absolute Gasteiger partial charge is 0.166 e. The van der Waals surface area contributed by atoms with Gasteiger partial charge < -0.3 is 0 Å². The summed E-state index contributed by atoms with van der Waals surface area (Å²) >= 11 is 0. The summed E-state index contributed by atoms with van der Waals surface area (Å²) in [6, 6.07) is 15.2. The van der Waals surface area contributed by atoms with E-state index in [1.807, 2.05) is 6.07 Å². The van der Waals surface area contributed by atoms with Crippen molar-refractivity contribution in [2.75, 3.05) is 0 Å². The molecule has 1 fully saturated rings. The third-order valence-electron chi connectivity index (χ3n) is 6.87. The number of ketones is 1. The number of carbonyl (C=O) groups is 1. The number of rotatable bonds is 3. The second kappa shape index (κ2) is 6.62. The van der Waals surface area contributed by atoms with E-state index >= 15 is 0 Å². The summed E-state index contributed by atoms with van der Waals surface area (Å²) in [5, 5.41) is 0. The van der Waals surface area contributed by atoms with Gasteiger partial charge in [-0.05, 0) is 58.8 Å². The molecule has 2 aromatic carbocycles. The van der Waals surface area contributed by atoms with Gasteiger partial charge in [0.15, 0.2) is 5.78 Å². The summed E-state index contributed by atoms with van der Waals surface area (Å²) in [5.74, 6) is 0.560. The third kappa shape index (κ3) is 3.49. The molecule has 0 bridgehead atoms. The molecule has 0 heterocycles.